The summed E-state index contributed by atoms with van der Waals surface area (Å²) in [6.07, 6.45) is 1.76. The van der Waals surface area contributed by atoms with Crippen LogP contribution in [0.2, 0.25) is 0 Å². The molecular formula is C17H28N4O. The van der Waals surface area contributed by atoms with E-state index in [1.165, 1.54) is 0 Å². The molecule has 0 radical (unpaired) electrons. The quantitative estimate of drug-likeness (QED) is 0.686. The highest BCUT2D eigenvalue weighted by Crippen LogP contribution is 2.46. The maximum absolute atomic E-state index is 5.16. The second-order valence-electron chi connectivity index (χ2n) is 6.91. The van der Waals surface area contributed by atoms with Gasteiger partial charge in [0.2, 0.25) is 5.88 Å². The monoisotopic (exact) mass is 304 g/mol. The van der Waals surface area contributed by atoms with Crippen LogP contribution >= 0.6 is 0 Å². The molecule has 0 bridgehead atoms. The van der Waals surface area contributed by atoms with Crippen LogP contribution in [0, 0.1) is 5.41 Å². The average Bonchev–Trinajstić information content (AvgIpc) is 2.49. The molecule has 2 rings (SSSR count). The van der Waals surface area contributed by atoms with Crippen molar-refractivity contribution in [1.82, 2.24) is 15.2 Å². The number of hydrogen-bond donors (Lipinski definition) is 1. The maximum atomic E-state index is 5.16. The summed E-state index contributed by atoms with van der Waals surface area (Å²) in [7, 11) is 1.63. The highest BCUT2D eigenvalue weighted by Gasteiger charge is 2.53. The van der Waals surface area contributed by atoms with Crippen LogP contribution < -0.4 is 10.1 Å². The summed E-state index contributed by atoms with van der Waals surface area (Å²) in [6.45, 7) is 13.8. The van der Waals surface area contributed by atoms with E-state index >= 15 is 0 Å². The lowest BCUT2D eigenvalue weighted by Crippen LogP contribution is -2.72. The molecule has 22 heavy (non-hydrogen) atoms. The molecule has 1 aromatic rings. The van der Waals surface area contributed by atoms with Gasteiger partial charge in [-0.25, -0.2) is 9.98 Å². The standard InChI is InChI=1S/C17H28N4O/c1-7-18-15(21-12-16(2,3)17(21,4)5)20-11-13-8-9-19-14(10-13)22-6/h8-10H,7,11-12H2,1-6H3,(H,18,20). The Kier molecular flexibility index (Phi) is 4.63. The Hall–Kier alpha value is -1.78. The smallest absolute Gasteiger partial charge is 0.213 e. The maximum Gasteiger partial charge on any atom is 0.213 e. The van der Waals surface area contributed by atoms with E-state index in [4.69, 9.17) is 9.73 Å². The van der Waals surface area contributed by atoms with Crippen molar-refractivity contribution in [2.45, 2.75) is 46.7 Å². The highest BCUT2D eigenvalue weighted by atomic mass is 16.5. The largest absolute Gasteiger partial charge is 0.481 e. The third-order valence-electron chi connectivity index (χ3n) is 4.89. The Bertz CT molecular complexity index is 551. The first-order chi connectivity index (χ1) is 10.3. The van der Waals surface area contributed by atoms with E-state index in [0.29, 0.717) is 17.8 Å². The number of pyridine rings is 1. The molecule has 0 amide bonds. The molecule has 0 saturated carbocycles. The van der Waals surface area contributed by atoms with Crippen LogP contribution in [0.4, 0.5) is 0 Å². The fourth-order valence-electron chi connectivity index (χ4n) is 2.62. The molecule has 0 aromatic carbocycles. The number of nitrogens with zero attached hydrogens (tertiary/aromatic N) is 3. The topological polar surface area (TPSA) is 49.8 Å². The van der Waals surface area contributed by atoms with E-state index in [1.807, 2.05) is 12.1 Å². The summed E-state index contributed by atoms with van der Waals surface area (Å²) in [4.78, 5) is 11.3. The predicted molar refractivity (Wildman–Crippen MR) is 90.2 cm³/mol. The van der Waals surface area contributed by atoms with E-state index < -0.39 is 0 Å². The number of nitrogens with one attached hydrogen (secondary N) is 1. The Morgan fingerprint density at radius 1 is 1.41 bits per heavy atom. The van der Waals surface area contributed by atoms with Crippen LogP contribution in [0.15, 0.2) is 23.3 Å². The first kappa shape index (κ1) is 16.6. The van der Waals surface area contributed by atoms with E-state index in [9.17, 15) is 0 Å². The van der Waals surface area contributed by atoms with Crippen molar-refractivity contribution in [2.24, 2.45) is 10.4 Å². The van der Waals surface area contributed by atoms with Crippen molar-refractivity contribution in [3.8, 4) is 5.88 Å². The molecule has 0 spiro atoms. The van der Waals surface area contributed by atoms with Gasteiger partial charge in [0.25, 0.3) is 0 Å². The molecule has 5 nitrogen and oxygen atoms in total. The summed E-state index contributed by atoms with van der Waals surface area (Å²) in [5, 5.41) is 3.41. The van der Waals surface area contributed by atoms with E-state index in [0.717, 1.165) is 24.6 Å². The third kappa shape index (κ3) is 3.03. The number of ether oxygens (including phenoxy) is 1. The van der Waals surface area contributed by atoms with Gasteiger partial charge in [0.1, 0.15) is 0 Å². The van der Waals surface area contributed by atoms with E-state index in [1.54, 1.807) is 13.3 Å². The Balaban J connectivity index is 2.14. The second kappa shape index (κ2) is 6.15. The van der Waals surface area contributed by atoms with Gasteiger partial charge in [-0.15, -0.1) is 0 Å². The third-order valence-corrected chi connectivity index (χ3v) is 4.89. The van der Waals surface area contributed by atoms with Gasteiger partial charge in [0.15, 0.2) is 5.96 Å². The van der Waals surface area contributed by atoms with Crippen LogP contribution in [0.3, 0.4) is 0 Å². The molecule has 1 saturated heterocycles. The van der Waals surface area contributed by atoms with Crippen molar-refractivity contribution in [3.63, 3.8) is 0 Å². The predicted octanol–water partition coefficient (Wildman–Crippen LogP) is 2.68. The van der Waals surface area contributed by atoms with Crippen LogP contribution in [0.25, 0.3) is 0 Å². The highest BCUT2D eigenvalue weighted by molar-refractivity contribution is 5.82. The molecule has 1 aromatic heterocycles. The van der Waals surface area contributed by atoms with E-state index in [2.05, 4.69) is 49.8 Å². The molecule has 1 aliphatic rings. The minimum atomic E-state index is 0.101. The van der Waals surface area contributed by atoms with Gasteiger partial charge >= 0.3 is 0 Å². The number of guanidine groups is 1. The lowest BCUT2D eigenvalue weighted by Gasteiger charge is -2.62. The van der Waals surface area contributed by atoms with Crippen LogP contribution in [-0.2, 0) is 6.54 Å². The van der Waals surface area contributed by atoms with Crippen molar-refractivity contribution in [1.29, 1.82) is 0 Å². The SMILES string of the molecule is CCNC(=NCc1ccnc(OC)c1)N1CC(C)(C)C1(C)C. The van der Waals surface area contributed by atoms with Gasteiger partial charge in [-0.3, -0.25) is 0 Å². The number of hydrogen-bond acceptors (Lipinski definition) is 3. The van der Waals surface area contributed by atoms with Crippen molar-refractivity contribution in [2.75, 3.05) is 20.2 Å². The van der Waals surface area contributed by atoms with Crippen LogP contribution in [0.5, 0.6) is 5.88 Å². The Morgan fingerprint density at radius 2 is 2.14 bits per heavy atom. The fraction of sp³-hybridized carbons (Fsp3) is 0.647. The Labute approximate surface area is 133 Å². The van der Waals surface area contributed by atoms with Crippen molar-refractivity contribution in [3.05, 3.63) is 23.9 Å². The normalized spacial score (nSPS) is 19.5. The summed E-state index contributed by atoms with van der Waals surface area (Å²) in [5.74, 6) is 1.60. The zero-order valence-electron chi connectivity index (χ0n) is 14.6. The van der Waals surface area contributed by atoms with Gasteiger partial charge in [-0.05, 0) is 32.4 Å². The lowest BCUT2D eigenvalue weighted by molar-refractivity contribution is -0.0667. The molecule has 1 aliphatic heterocycles. The zero-order chi connectivity index (χ0) is 16.4. The summed E-state index contributed by atoms with van der Waals surface area (Å²) in [5.41, 5.74) is 1.49. The van der Waals surface area contributed by atoms with Crippen LogP contribution in [0.1, 0.15) is 40.2 Å². The molecule has 2 heterocycles. The van der Waals surface area contributed by atoms with Gasteiger partial charge < -0.3 is 15.0 Å². The summed E-state index contributed by atoms with van der Waals surface area (Å²) in [6, 6.07) is 3.90. The second-order valence-corrected chi connectivity index (χ2v) is 6.91. The van der Waals surface area contributed by atoms with E-state index in [-0.39, 0.29) is 5.54 Å². The minimum Gasteiger partial charge on any atom is -0.481 e. The first-order valence-electron chi connectivity index (χ1n) is 7.86. The van der Waals surface area contributed by atoms with Gasteiger partial charge in [-0.1, -0.05) is 13.8 Å². The lowest BCUT2D eigenvalue weighted by atomic mass is 9.65. The molecule has 0 atom stereocenters. The molecular weight excluding hydrogens is 276 g/mol. The molecule has 0 aliphatic carbocycles. The number of aliphatic imine (C=N–C) groups is 1. The molecule has 5 heteroatoms. The Morgan fingerprint density at radius 3 is 2.68 bits per heavy atom. The number of aromatic nitrogens is 1. The van der Waals surface area contributed by atoms with Gasteiger partial charge in [0.05, 0.1) is 13.7 Å². The number of methoxy groups -OCH3 is 1. The van der Waals surface area contributed by atoms with Crippen molar-refractivity contribution >= 4 is 5.96 Å². The minimum absolute atomic E-state index is 0.101. The van der Waals surface area contributed by atoms with Crippen LogP contribution in [-0.4, -0.2) is 41.6 Å². The average molecular weight is 304 g/mol. The van der Waals surface area contributed by atoms with Gasteiger partial charge in [-0.2, -0.15) is 0 Å². The molecule has 1 fully saturated rings. The summed E-state index contributed by atoms with van der Waals surface area (Å²) < 4.78 is 5.16. The number of rotatable bonds is 4. The molecule has 1 N–H and O–H groups in total. The molecule has 0 unspecified atom stereocenters. The number of likely N-dealkylation sites (tertiary alicyclic amines) is 1. The zero-order valence-corrected chi connectivity index (χ0v) is 14.6. The van der Waals surface area contributed by atoms with Crippen molar-refractivity contribution < 1.29 is 4.74 Å². The fourth-order valence-corrected chi connectivity index (χ4v) is 2.62. The summed E-state index contributed by atoms with van der Waals surface area (Å²) >= 11 is 0. The molecule has 122 valence electrons. The first-order valence-corrected chi connectivity index (χ1v) is 7.86. The van der Waals surface area contributed by atoms with Gasteiger partial charge in [0, 0.05) is 36.3 Å².